The maximum absolute atomic E-state index is 12.8. The molecular weight excluding hydrogens is 432 g/mol. The molecule has 4 aromatic rings. The van der Waals surface area contributed by atoms with E-state index in [0.29, 0.717) is 21.4 Å². The van der Waals surface area contributed by atoms with Gasteiger partial charge in [-0.25, -0.2) is 4.98 Å². The van der Waals surface area contributed by atoms with E-state index >= 15 is 0 Å². The fourth-order valence-electron chi connectivity index (χ4n) is 3.17. The minimum atomic E-state index is -0.184. The summed E-state index contributed by atoms with van der Waals surface area (Å²) in [6.45, 7) is 4.02. The van der Waals surface area contributed by atoms with Crippen molar-refractivity contribution in [3.05, 3.63) is 95.1 Å². The lowest BCUT2D eigenvalue weighted by Crippen LogP contribution is -2.11. The van der Waals surface area contributed by atoms with Gasteiger partial charge in [0.15, 0.2) is 0 Å². The molecule has 0 aliphatic carbocycles. The molecule has 6 nitrogen and oxygen atoms in total. The number of hydrogen-bond donors (Lipinski definition) is 2. The van der Waals surface area contributed by atoms with E-state index in [1.165, 1.54) is 11.3 Å². The van der Waals surface area contributed by atoms with E-state index in [4.69, 9.17) is 9.72 Å². The minimum Gasteiger partial charge on any atom is -0.496 e. The zero-order valence-corrected chi connectivity index (χ0v) is 19.4. The molecule has 1 aromatic heterocycles. The summed E-state index contributed by atoms with van der Waals surface area (Å²) in [6.07, 6.45) is 1.68. The molecule has 3 aromatic carbocycles. The number of carbonyl (C=O) groups is 1. The monoisotopic (exact) mass is 456 g/mol. The van der Waals surface area contributed by atoms with Crippen LogP contribution in [-0.4, -0.2) is 24.2 Å². The zero-order valence-electron chi connectivity index (χ0n) is 18.6. The summed E-state index contributed by atoms with van der Waals surface area (Å²) >= 11 is 1.33. The molecule has 33 heavy (non-hydrogen) atoms. The highest BCUT2D eigenvalue weighted by Gasteiger charge is 2.16. The highest BCUT2D eigenvalue weighted by molar-refractivity contribution is 7.20. The second kappa shape index (κ2) is 10.1. The van der Waals surface area contributed by atoms with Crippen molar-refractivity contribution in [1.29, 1.82) is 0 Å². The lowest BCUT2D eigenvalue weighted by atomic mass is 10.1. The smallest absolute Gasteiger partial charge is 0.256 e. The van der Waals surface area contributed by atoms with Gasteiger partial charge in [0.25, 0.3) is 5.91 Å². The number of thiazole rings is 1. The van der Waals surface area contributed by atoms with Crippen molar-refractivity contribution in [3.8, 4) is 17.0 Å². The van der Waals surface area contributed by atoms with Crippen LogP contribution in [0.2, 0.25) is 0 Å². The van der Waals surface area contributed by atoms with Crippen molar-refractivity contribution in [2.75, 3.05) is 17.9 Å². The molecule has 0 saturated carbocycles. The number of methoxy groups -OCH3 is 1. The average Bonchev–Trinajstić information content (AvgIpc) is 3.22. The summed E-state index contributed by atoms with van der Waals surface area (Å²) in [5, 5.41) is 8.54. The van der Waals surface area contributed by atoms with Crippen LogP contribution >= 0.6 is 11.3 Å². The van der Waals surface area contributed by atoms with Crippen LogP contribution in [0.5, 0.6) is 5.75 Å². The second-order valence-corrected chi connectivity index (χ2v) is 8.49. The summed E-state index contributed by atoms with van der Waals surface area (Å²) in [5.41, 5.74) is 8.27. The fraction of sp³-hybridized carbons (Fsp3) is 0.115. The molecule has 0 aliphatic rings. The van der Waals surface area contributed by atoms with Gasteiger partial charge in [-0.05, 0) is 38.1 Å². The van der Waals surface area contributed by atoms with Gasteiger partial charge in [0.2, 0.25) is 5.13 Å². The average molecular weight is 457 g/mol. The molecule has 1 amide bonds. The Labute approximate surface area is 197 Å². The molecule has 166 valence electrons. The molecule has 0 aliphatic heterocycles. The van der Waals surface area contributed by atoms with Crippen LogP contribution in [0.25, 0.3) is 11.3 Å². The molecule has 2 N–H and O–H groups in total. The number of benzene rings is 3. The number of nitrogens with zero attached hydrogens (tertiary/aromatic N) is 2. The van der Waals surface area contributed by atoms with Crippen molar-refractivity contribution in [1.82, 2.24) is 4.98 Å². The van der Waals surface area contributed by atoms with Gasteiger partial charge in [0.1, 0.15) is 16.4 Å². The third-order valence-corrected chi connectivity index (χ3v) is 5.87. The summed E-state index contributed by atoms with van der Waals surface area (Å²) < 4.78 is 5.35. The van der Waals surface area contributed by atoms with E-state index in [0.717, 1.165) is 28.0 Å². The van der Waals surface area contributed by atoms with Gasteiger partial charge >= 0.3 is 0 Å². The summed E-state index contributed by atoms with van der Waals surface area (Å²) in [7, 11) is 1.62. The third-order valence-electron chi connectivity index (χ3n) is 5.00. The molecule has 4 rings (SSSR count). The highest BCUT2D eigenvalue weighted by Crippen LogP contribution is 2.36. The second-order valence-electron chi connectivity index (χ2n) is 7.49. The first-order valence-electron chi connectivity index (χ1n) is 10.4. The number of hydrazone groups is 1. The molecular formula is C26H24N4O2S. The Hall–Kier alpha value is -3.97. The lowest BCUT2D eigenvalue weighted by molar-refractivity contribution is 0.102. The largest absolute Gasteiger partial charge is 0.496 e. The van der Waals surface area contributed by atoms with E-state index in [2.05, 4.69) is 15.8 Å². The molecule has 0 atom stereocenters. The molecule has 0 spiro atoms. The molecule has 7 heteroatoms. The Morgan fingerprint density at radius 2 is 1.64 bits per heavy atom. The topological polar surface area (TPSA) is 75.6 Å². The fourth-order valence-corrected chi connectivity index (χ4v) is 4.00. The standard InChI is InChI=1S/C26H24N4O2S/c1-17-8-12-19(13-9-17)23-25(29-24(31)20-14-10-18(2)11-15-20)33-26(28-23)30-27-16-21-6-4-5-7-22(21)32-3/h4-16H,1-3H3,(H,28,30)(H,29,31). The Kier molecular flexibility index (Phi) is 6.80. The van der Waals surface area contributed by atoms with Crippen molar-refractivity contribution >= 4 is 33.6 Å². The number of nitrogens with one attached hydrogen (secondary N) is 2. The van der Waals surface area contributed by atoms with Crippen LogP contribution in [0.4, 0.5) is 10.1 Å². The Morgan fingerprint density at radius 3 is 2.33 bits per heavy atom. The molecule has 0 bridgehead atoms. The summed E-state index contributed by atoms with van der Waals surface area (Å²) in [6, 6.07) is 23.1. The molecule has 1 heterocycles. The van der Waals surface area contributed by atoms with Crippen LogP contribution in [-0.2, 0) is 0 Å². The van der Waals surface area contributed by atoms with E-state index in [1.807, 2.05) is 86.6 Å². The number of ether oxygens (including phenoxy) is 1. The van der Waals surface area contributed by atoms with Crippen molar-refractivity contribution < 1.29 is 9.53 Å². The Morgan fingerprint density at radius 1 is 0.970 bits per heavy atom. The quantitative estimate of drug-likeness (QED) is 0.259. The number of para-hydroxylation sites is 1. The van der Waals surface area contributed by atoms with E-state index in [-0.39, 0.29) is 5.91 Å². The lowest BCUT2D eigenvalue weighted by Gasteiger charge is -2.06. The minimum absolute atomic E-state index is 0.184. The summed E-state index contributed by atoms with van der Waals surface area (Å²) in [5.74, 6) is 0.546. The van der Waals surface area contributed by atoms with Gasteiger partial charge in [-0.1, -0.05) is 71.0 Å². The SMILES string of the molecule is COc1ccccc1C=NNc1nc(-c2ccc(C)cc2)c(NC(=O)c2ccc(C)cc2)s1. The van der Waals surface area contributed by atoms with Gasteiger partial charge in [0.05, 0.1) is 13.3 Å². The molecule has 0 fully saturated rings. The van der Waals surface area contributed by atoms with Crippen molar-refractivity contribution in [2.45, 2.75) is 13.8 Å². The first-order valence-corrected chi connectivity index (χ1v) is 11.2. The Balaban J connectivity index is 1.60. The van der Waals surface area contributed by atoms with Crippen molar-refractivity contribution in [2.24, 2.45) is 5.10 Å². The third kappa shape index (κ3) is 5.45. The van der Waals surface area contributed by atoms with Gasteiger partial charge in [-0.2, -0.15) is 5.10 Å². The number of anilines is 2. The number of amides is 1. The number of carbonyl (C=O) groups excluding carboxylic acids is 1. The number of hydrogen-bond acceptors (Lipinski definition) is 6. The van der Waals surface area contributed by atoms with Gasteiger partial charge in [-0.15, -0.1) is 0 Å². The van der Waals surface area contributed by atoms with Crippen LogP contribution in [0, 0.1) is 13.8 Å². The van der Waals surface area contributed by atoms with Gasteiger partial charge < -0.3 is 10.1 Å². The summed E-state index contributed by atoms with van der Waals surface area (Å²) in [4.78, 5) is 17.5. The van der Waals surface area contributed by atoms with Crippen LogP contribution < -0.4 is 15.5 Å². The highest BCUT2D eigenvalue weighted by atomic mass is 32.1. The molecule has 0 radical (unpaired) electrons. The normalized spacial score (nSPS) is 10.9. The van der Waals surface area contributed by atoms with Crippen LogP contribution in [0.3, 0.4) is 0 Å². The first-order chi connectivity index (χ1) is 16.0. The molecule has 0 unspecified atom stereocenters. The van der Waals surface area contributed by atoms with Crippen LogP contribution in [0.15, 0.2) is 77.9 Å². The maximum atomic E-state index is 12.8. The Bertz CT molecular complexity index is 1280. The number of aryl methyl sites for hydroxylation is 2. The van der Waals surface area contributed by atoms with Crippen LogP contribution in [0.1, 0.15) is 27.0 Å². The van der Waals surface area contributed by atoms with Gasteiger partial charge in [0, 0.05) is 16.7 Å². The van der Waals surface area contributed by atoms with E-state index in [1.54, 1.807) is 13.3 Å². The van der Waals surface area contributed by atoms with E-state index in [9.17, 15) is 4.79 Å². The molecule has 0 saturated heterocycles. The van der Waals surface area contributed by atoms with Gasteiger partial charge in [-0.3, -0.25) is 10.2 Å². The first kappa shape index (κ1) is 22.2. The van der Waals surface area contributed by atoms with E-state index < -0.39 is 0 Å². The maximum Gasteiger partial charge on any atom is 0.256 e. The number of rotatable bonds is 7. The zero-order chi connectivity index (χ0) is 23.2. The number of aromatic nitrogens is 1. The predicted molar refractivity (Wildman–Crippen MR) is 136 cm³/mol. The van der Waals surface area contributed by atoms with Crippen molar-refractivity contribution in [3.63, 3.8) is 0 Å². The predicted octanol–water partition coefficient (Wildman–Crippen LogP) is 6.13.